The molecule has 0 spiro atoms. The fourth-order valence-corrected chi connectivity index (χ4v) is 2.02. The number of nitrogens with zero attached hydrogens (tertiary/aromatic N) is 1. The predicted octanol–water partition coefficient (Wildman–Crippen LogP) is 1.80. The van der Waals surface area contributed by atoms with Crippen LogP contribution in [0.5, 0.6) is 0 Å². The van der Waals surface area contributed by atoms with Crippen LogP contribution in [-0.4, -0.2) is 13.4 Å². The van der Waals surface area contributed by atoms with Gasteiger partial charge < -0.3 is 0 Å². The molecule has 0 unspecified atom stereocenters. The maximum absolute atomic E-state index is 12.4. The lowest BCUT2D eigenvalue weighted by Crippen LogP contribution is -1.94. The number of pyridine rings is 1. The summed E-state index contributed by atoms with van der Waals surface area (Å²) < 4.78 is 33.8. The quantitative estimate of drug-likeness (QED) is 0.545. The fourth-order valence-electron chi connectivity index (χ4n) is 0.583. The van der Waals surface area contributed by atoms with E-state index in [4.69, 9.17) is 22.3 Å². The third-order valence-electron chi connectivity index (χ3n) is 1.05. The summed E-state index contributed by atoms with van der Waals surface area (Å²) in [6, 6.07) is 0.657. The maximum Gasteiger partial charge on any atom is 0.263 e. The summed E-state index contributed by atoms with van der Waals surface area (Å²) in [4.78, 5) is 2.66. The fraction of sp³-hybridized carbons (Fsp3) is 0. The topological polar surface area (TPSA) is 47.0 Å². The van der Waals surface area contributed by atoms with Gasteiger partial charge in [-0.05, 0) is 0 Å². The number of hydrogen-bond acceptors (Lipinski definition) is 3. The Morgan fingerprint density at radius 1 is 1.50 bits per heavy atom. The third-order valence-corrected chi connectivity index (χ3v) is 2.82. The van der Waals surface area contributed by atoms with Crippen LogP contribution in [0.3, 0.4) is 0 Å². The summed E-state index contributed by atoms with van der Waals surface area (Å²) in [5.74, 6) is -0.946. The van der Waals surface area contributed by atoms with Gasteiger partial charge in [-0.25, -0.2) is 13.4 Å². The third kappa shape index (κ3) is 2.06. The summed E-state index contributed by atoms with van der Waals surface area (Å²) >= 11 is 5.39. The molecule has 66 valence electrons. The van der Waals surface area contributed by atoms with E-state index in [2.05, 4.69) is 4.98 Å². The van der Waals surface area contributed by atoms with Gasteiger partial charge in [-0.3, -0.25) is 0 Å². The van der Waals surface area contributed by atoms with E-state index < -0.39 is 19.9 Å². The van der Waals surface area contributed by atoms with Crippen molar-refractivity contribution >= 4 is 31.3 Å². The molecule has 0 saturated heterocycles. The zero-order valence-electron chi connectivity index (χ0n) is 5.46. The summed E-state index contributed by atoms with van der Waals surface area (Å²) in [5, 5.41) is -0.202. The first kappa shape index (κ1) is 9.70. The summed E-state index contributed by atoms with van der Waals surface area (Å²) in [7, 11) is 0.933. The van der Waals surface area contributed by atoms with E-state index in [9.17, 15) is 12.8 Å². The van der Waals surface area contributed by atoms with Gasteiger partial charge in [0.25, 0.3) is 9.05 Å². The van der Waals surface area contributed by atoms with E-state index in [0.717, 1.165) is 6.20 Å². The molecule has 0 bridgehead atoms. The Kier molecular flexibility index (Phi) is 2.55. The van der Waals surface area contributed by atoms with Gasteiger partial charge in [0.1, 0.15) is 4.90 Å². The highest BCUT2D eigenvalue weighted by Gasteiger charge is 2.15. The highest BCUT2D eigenvalue weighted by atomic mass is 35.7. The second-order valence-electron chi connectivity index (χ2n) is 1.88. The van der Waals surface area contributed by atoms with Crippen LogP contribution in [0.2, 0.25) is 5.02 Å². The van der Waals surface area contributed by atoms with Crippen LogP contribution >= 0.6 is 22.3 Å². The van der Waals surface area contributed by atoms with Gasteiger partial charge in [0.15, 0.2) is 0 Å². The van der Waals surface area contributed by atoms with Gasteiger partial charge in [0.2, 0.25) is 5.95 Å². The molecule has 0 aromatic carbocycles. The molecule has 0 aliphatic carbocycles. The van der Waals surface area contributed by atoms with E-state index in [1.807, 2.05) is 0 Å². The van der Waals surface area contributed by atoms with Crippen molar-refractivity contribution in [2.24, 2.45) is 0 Å². The number of aromatic nitrogens is 1. The Morgan fingerprint density at radius 3 is 2.50 bits per heavy atom. The molecule has 1 aromatic rings. The van der Waals surface area contributed by atoms with Crippen molar-refractivity contribution in [1.29, 1.82) is 0 Å². The zero-order valence-corrected chi connectivity index (χ0v) is 7.79. The standard InChI is InChI=1S/C5H2Cl2FNO2S/c6-3-2-9-5(8)1-4(3)12(7,10)11/h1-2H. The van der Waals surface area contributed by atoms with E-state index in [1.54, 1.807) is 0 Å². The highest BCUT2D eigenvalue weighted by Crippen LogP contribution is 2.23. The minimum absolute atomic E-state index is 0.202. The predicted molar refractivity (Wildman–Crippen MR) is 42.2 cm³/mol. The smallest absolute Gasteiger partial charge is 0.227 e. The minimum Gasteiger partial charge on any atom is -0.227 e. The lowest BCUT2D eigenvalue weighted by Gasteiger charge is -1.97. The van der Waals surface area contributed by atoms with Crippen molar-refractivity contribution in [3.8, 4) is 0 Å². The normalized spacial score (nSPS) is 11.6. The van der Waals surface area contributed by atoms with Gasteiger partial charge in [-0.2, -0.15) is 4.39 Å². The molecule has 1 rings (SSSR count). The first-order valence-electron chi connectivity index (χ1n) is 2.67. The lowest BCUT2D eigenvalue weighted by molar-refractivity contribution is 0.574. The summed E-state index contributed by atoms with van der Waals surface area (Å²) in [6.07, 6.45) is 0.881. The summed E-state index contributed by atoms with van der Waals surface area (Å²) in [5.41, 5.74) is 0. The van der Waals surface area contributed by atoms with Gasteiger partial charge >= 0.3 is 0 Å². The molecule has 3 nitrogen and oxygen atoms in total. The van der Waals surface area contributed by atoms with E-state index >= 15 is 0 Å². The molecule has 12 heavy (non-hydrogen) atoms. The van der Waals surface area contributed by atoms with Crippen LogP contribution < -0.4 is 0 Å². The van der Waals surface area contributed by atoms with Crippen molar-refractivity contribution in [3.63, 3.8) is 0 Å². The lowest BCUT2D eigenvalue weighted by atomic mass is 10.5. The molecular formula is C5H2Cl2FNO2S. The second-order valence-corrected chi connectivity index (χ2v) is 4.82. The molecule has 1 aromatic heterocycles. The van der Waals surface area contributed by atoms with Crippen LogP contribution in [0.1, 0.15) is 0 Å². The van der Waals surface area contributed by atoms with Crippen molar-refractivity contribution in [1.82, 2.24) is 4.98 Å². The molecule has 7 heteroatoms. The number of halogens is 3. The van der Waals surface area contributed by atoms with Crippen LogP contribution in [0, 0.1) is 5.95 Å². The zero-order chi connectivity index (χ0) is 9.35. The second kappa shape index (κ2) is 3.16. The first-order valence-corrected chi connectivity index (χ1v) is 5.35. The SMILES string of the molecule is O=S(=O)(Cl)c1cc(F)ncc1Cl. The van der Waals surface area contributed by atoms with Gasteiger partial charge in [0.05, 0.1) is 11.2 Å². The molecule has 0 atom stereocenters. The van der Waals surface area contributed by atoms with Gasteiger partial charge in [0, 0.05) is 16.7 Å². The molecule has 0 aliphatic rings. The summed E-state index contributed by atoms with van der Waals surface area (Å²) in [6.45, 7) is 0. The monoisotopic (exact) mass is 229 g/mol. The average Bonchev–Trinajstić information content (AvgIpc) is 1.92. The van der Waals surface area contributed by atoms with Crippen LogP contribution in [0.25, 0.3) is 0 Å². The van der Waals surface area contributed by atoms with Crippen LogP contribution in [0.15, 0.2) is 17.2 Å². The molecule has 0 radical (unpaired) electrons. The van der Waals surface area contributed by atoms with E-state index in [-0.39, 0.29) is 5.02 Å². The number of rotatable bonds is 1. The molecule has 0 aliphatic heterocycles. The molecule has 0 saturated carbocycles. The van der Waals surface area contributed by atoms with Crippen LogP contribution in [0.4, 0.5) is 4.39 Å². The average molecular weight is 230 g/mol. The van der Waals surface area contributed by atoms with E-state index in [1.165, 1.54) is 0 Å². The largest absolute Gasteiger partial charge is 0.263 e. The Balaban J connectivity index is 3.43. The molecule has 0 amide bonds. The molecular weight excluding hydrogens is 228 g/mol. The number of hydrogen-bond donors (Lipinski definition) is 0. The maximum atomic E-state index is 12.4. The molecule has 1 heterocycles. The Morgan fingerprint density at radius 2 is 2.08 bits per heavy atom. The highest BCUT2D eigenvalue weighted by molar-refractivity contribution is 8.13. The molecule has 0 fully saturated rings. The van der Waals surface area contributed by atoms with Crippen molar-refractivity contribution < 1.29 is 12.8 Å². The van der Waals surface area contributed by atoms with Crippen molar-refractivity contribution in [2.45, 2.75) is 4.90 Å². The minimum atomic E-state index is -4.00. The van der Waals surface area contributed by atoms with E-state index in [0.29, 0.717) is 6.07 Å². The Bertz CT molecular complexity index is 406. The van der Waals surface area contributed by atoms with Crippen molar-refractivity contribution in [2.75, 3.05) is 0 Å². The van der Waals surface area contributed by atoms with Crippen LogP contribution in [-0.2, 0) is 9.05 Å². The van der Waals surface area contributed by atoms with Gasteiger partial charge in [-0.15, -0.1) is 0 Å². The Labute approximate surface area is 77.6 Å². The van der Waals surface area contributed by atoms with Crippen molar-refractivity contribution in [3.05, 3.63) is 23.2 Å². The Hall–Kier alpha value is -0.390. The first-order chi connectivity index (χ1) is 5.41. The molecule has 0 N–H and O–H groups in total. The van der Waals surface area contributed by atoms with Gasteiger partial charge in [-0.1, -0.05) is 11.6 Å².